The lowest BCUT2D eigenvalue weighted by molar-refractivity contribution is -0.136. The number of rotatable bonds is 4. The number of likely N-dealkylation sites (tertiary alicyclic amines) is 2. The Morgan fingerprint density at radius 2 is 1.58 bits per heavy atom. The number of carbonyl (C=O) groups excluding carboxylic acids is 2. The van der Waals surface area contributed by atoms with E-state index in [1.54, 1.807) is 23.0 Å². The summed E-state index contributed by atoms with van der Waals surface area (Å²) in [6.07, 6.45) is 7.69. The van der Waals surface area contributed by atoms with Gasteiger partial charge in [-0.25, -0.2) is 9.07 Å². The summed E-state index contributed by atoms with van der Waals surface area (Å²) in [6, 6.07) is 14.0. The number of carbonyl (C=O) groups is 2. The molecule has 0 saturated carbocycles. The Hall–Kier alpha value is -3.48. The highest BCUT2D eigenvalue weighted by molar-refractivity contribution is 6.00. The van der Waals surface area contributed by atoms with E-state index in [0.717, 1.165) is 37.1 Å². The molecule has 6 nitrogen and oxygen atoms in total. The highest BCUT2D eigenvalue weighted by Gasteiger charge is 2.32. The van der Waals surface area contributed by atoms with Gasteiger partial charge in [-0.05, 0) is 62.9 Å². The second-order valence-electron chi connectivity index (χ2n) is 9.99. The molecule has 0 bridgehead atoms. The zero-order valence-corrected chi connectivity index (χ0v) is 20.8. The first-order chi connectivity index (χ1) is 17.5. The van der Waals surface area contributed by atoms with Crippen molar-refractivity contribution in [1.29, 1.82) is 0 Å². The number of aromatic nitrogens is 2. The maximum atomic E-state index is 13.7. The topological polar surface area (TPSA) is 58.4 Å². The maximum absolute atomic E-state index is 13.7. The van der Waals surface area contributed by atoms with Crippen LogP contribution in [0.2, 0.25) is 0 Å². The van der Waals surface area contributed by atoms with Gasteiger partial charge in [-0.2, -0.15) is 5.10 Å². The van der Waals surface area contributed by atoms with Crippen molar-refractivity contribution in [3.8, 4) is 16.9 Å². The Labute approximate surface area is 211 Å². The van der Waals surface area contributed by atoms with E-state index in [0.29, 0.717) is 42.9 Å². The van der Waals surface area contributed by atoms with Gasteiger partial charge in [0.25, 0.3) is 5.91 Å². The fourth-order valence-electron chi connectivity index (χ4n) is 5.31. The summed E-state index contributed by atoms with van der Waals surface area (Å²) >= 11 is 0. The number of hydrogen-bond acceptors (Lipinski definition) is 3. The zero-order chi connectivity index (χ0) is 25.1. The maximum Gasteiger partial charge on any atom is 0.257 e. The standard InChI is InChI=1S/C29H33FN4O2/c1-21-7-6-8-23(19-21)27-26(20-34(31-27)25-11-9-24(30)10-12-25)29(36)33-17-13-22(14-18-33)28(35)32-15-4-2-3-5-16-32/h6-12,19-20,22H,2-5,13-18H2,1H3. The number of amides is 2. The normalized spacial score (nSPS) is 17.2. The van der Waals surface area contributed by atoms with Crippen LogP contribution in [-0.4, -0.2) is 57.6 Å². The van der Waals surface area contributed by atoms with Crippen LogP contribution < -0.4 is 0 Å². The molecule has 5 rings (SSSR count). The van der Waals surface area contributed by atoms with Crippen molar-refractivity contribution in [2.24, 2.45) is 5.92 Å². The molecule has 2 aromatic carbocycles. The zero-order valence-electron chi connectivity index (χ0n) is 20.8. The van der Waals surface area contributed by atoms with Gasteiger partial charge >= 0.3 is 0 Å². The lowest BCUT2D eigenvalue weighted by Gasteiger charge is -2.34. The lowest BCUT2D eigenvalue weighted by Crippen LogP contribution is -2.44. The van der Waals surface area contributed by atoms with Crippen LogP contribution in [0.3, 0.4) is 0 Å². The number of aryl methyl sites for hydroxylation is 1. The number of benzene rings is 2. The summed E-state index contributed by atoms with van der Waals surface area (Å²) in [7, 11) is 0. The molecule has 0 spiro atoms. The van der Waals surface area contributed by atoms with Crippen LogP contribution >= 0.6 is 0 Å². The van der Waals surface area contributed by atoms with Gasteiger partial charge in [-0.1, -0.05) is 36.6 Å². The summed E-state index contributed by atoms with van der Waals surface area (Å²) < 4.78 is 15.1. The molecule has 2 fully saturated rings. The van der Waals surface area contributed by atoms with Crippen molar-refractivity contribution in [3.63, 3.8) is 0 Å². The second-order valence-corrected chi connectivity index (χ2v) is 9.99. The molecule has 2 aliphatic heterocycles. The third-order valence-electron chi connectivity index (χ3n) is 7.38. The Bertz CT molecular complexity index is 1220. The van der Waals surface area contributed by atoms with E-state index >= 15 is 0 Å². The monoisotopic (exact) mass is 488 g/mol. The van der Waals surface area contributed by atoms with Crippen LogP contribution in [0, 0.1) is 18.7 Å². The molecule has 0 N–H and O–H groups in total. The van der Waals surface area contributed by atoms with Crippen molar-refractivity contribution < 1.29 is 14.0 Å². The van der Waals surface area contributed by atoms with Gasteiger partial charge < -0.3 is 9.80 Å². The Balaban J connectivity index is 1.36. The molecule has 3 heterocycles. The van der Waals surface area contributed by atoms with Gasteiger partial charge in [-0.3, -0.25) is 9.59 Å². The molecular weight excluding hydrogens is 455 g/mol. The van der Waals surface area contributed by atoms with Crippen LogP contribution in [0.5, 0.6) is 0 Å². The van der Waals surface area contributed by atoms with E-state index in [2.05, 4.69) is 0 Å². The van der Waals surface area contributed by atoms with Crippen LogP contribution in [0.25, 0.3) is 16.9 Å². The first-order valence-corrected chi connectivity index (χ1v) is 13.0. The molecular formula is C29H33FN4O2. The molecule has 0 radical (unpaired) electrons. The summed E-state index contributed by atoms with van der Waals surface area (Å²) in [5.41, 5.74) is 3.75. The van der Waals surface area contributed by atoms with Gasteiger partial charge in [0.15, 0.2) is 0 Å². The average molecular weight is 489 g/mol. The summed E-state index contributed by atoms with van der Waals surface area (Å²) in [4.78, 5) is 30.7. The number of piperidine rings is 1. The van der Waals surface area contributed by atoms with Crippen LogP contribution in [0.4, 0.5) is 4.39 Å². The fourth-order valence-corrected chi connectivity index (χ4v) is 5.31. The van der Waals surface area contributed by atoms with Crippen molar-refractivity contribution >= 4 is 11.8 Å². The van der Waals surface area contributed by atoms with Crippen LogP contribution in [0.15, 0.2) is 54.7 Å². The van der Waals surface area contributed by atoms with Gasteiger partial charge in [-0.15, -0.1) is 0 Å². The van der Waals surface area contributed by atoms with Gasteiger partial charge in [0.05, 0.1) is 11.3 Å². The minimum Gasteiger partial charge on any atom is -0.342 e. The summed E-state index contributed by atoms with van der Waals surface area (Å²) in [5, 5.41) is 4.74. The first kappa shape index (κ1) is 24.2. The minimum atomic E-state index is -0.321. The predicted molar refractivity (Wildman–Crippen MR) is 137 cm³/mol. The Morgan fingerprint density at radius 3 is 2.25 bits per heavy atom. The minimum absolute atomic E-state index is 0.00895. The number of nitrogens with zero attached hydrogens (tertiary/aromatic N) is 4. The van der Waals surface area contributed by atoms with E-state index in [-0.39, 0.29) is 23.5 Å². The van der Waals surface area contributed by atoms with Crippen LogP contribution in [-0.2, 0) is 4.79 Å². The van der Waals surface area contributed by atoms with Gasteiger partial charge in [0.2, 0.25) is 5.91 Å². The molecule has 188 valence electrons. The largest absolute Gasteiger partial charge is 0.342 e. The average Bonchev–Trinajstić information content (AvgIpc) is 3.16. The smallest absolute Gasteiger partial charge is 0.257 e. The van der Waals surface area contributed by atoms with Crippen molar-refractivity contribution in [3.05, 3.63) is 71.7 Å². The highest BCUT2D eigenvalue weighted by Crippen LogP contribution is 2.28. The van der Waals surface area contributed by atoms with E-state index in [1.807, 2.05) is 41.0 Å². The van der Waals surface area contributed by atoms with E-state index in [9.17, 15) is 14.0 Å². The van der Waals surface area contributed by atoms with E-state index in [4.69, 9.17) is 5.10 Å². The second kappa shape index (κ2) is 10.6. The summed E-state index contributed by atoms with van der Waals surface area (Å²) in [6.45, 7) is 4.84. The molecule has 7 heteroatoms. The number of hydrogen-bond donors (Lipinski definition) is 0. The SMILES string of the molecule is Cc1cccc(-c2nn(-c3ccc(F)cc3)cc2C(=O)N2CCC(C(=O)N3CCCCCC3)CC2)c1. The lowest BCUT2D eigenvalue weighted by atomic mass is 9.94. The molecule has 0 atom stereocenters. The molecule has 2 aliphatic rings. The van der Waals surface area contributed by atoms with Crippen molar-refractivity contribution in [1.82, 2.24) is 19.6 Å². The van der Waals surface area contributed by atoms with Crippen molar-refractivity contribution in [2.45, 2.75) is 45.4 Å². The third-order valence-corrected chi connectivity index (χ3v) is 7.38. The highest BCUT2D eigenvalue weighted by atomic mass is 19.1. The quantitative estimate of drug-likeness (QED) is 0.505. The molecule has 2 amide bonds. The first-order valence-electron chi connectivity index (χ1n) is 13.0. The molecule has 1 aromatic heterocycles. The van der Waals surface area contributed by atoms with Gasteiger partial charge in [0, 0.05) is 43.9 Å². The van der Waals surface area contributed by atoms with Crippen molar-refractivity contribution in [2.75, 3.05) is 26.2 Å². The van der Waals surface area contributed by atoms with Crippen LogP contribution in [0.1, 0.15) is 54.4 Å². The Kier molecular flexibility index (Phi) is 7.16. The summed E-state index contributed by atoms with van der Waals surface area (Å²) in [5.74, 6) is -0.154. The molecule has 36 heavy (non-hydrogen) atoms. The molecule has 2 saturated heterocycles. The Morgan fingerprint density at radius 1 is 0.889 bits per heavy atom. The molecule has 0 unspecified atom stereocenters. The fraction of sp³-hybridized carbons (Fsp3) is 0.414. The van der Waals surface area contributed by atoms with E-state index < -0.39 is 0 Å². The molecule has 0 aliphatic carbocycles. The van der Waals surface area contributed by atoms with E-state index in [1.165, 1.54) is 25.0 Å². The third kappa shape index (κ3) is 5.20. The molecule has 3 aromatic rings. The number of halogens is 1. The predicted octanol–water partition coefficient (Wildman–Crippen LogP) is 5.24. The van der Waals surface area contributed by atoms with Gasteiger partial charge in [0.1, 0.15) is 11.5 Å².